The first-order valence-electron chi connectivity index (χ1n) is 24.3. The van der Waals surface area contributed by atoms with E-state index in [0.29, 0.717) is 0 Å². The SMILES string of the molecule is c1cc(-c2ccc3c(ccc4ccccc43)c2)cc(N(c2ccc(-c3ccc(-c4ccccc4-n4c5ccccc5c5ccccc54)cc3)cc2)c2ccc(-c3cccc4c3oc3ccccc34)cc2)c1. The van der Waals surface area contributed by atoms with Crippen LogP contribution in [0.2, 0.25) is 0 Å². The van der Waals surface area contributed by atoms with Crippen LogP contribution in [-0.4, -0.2) is 4.57 Å². The number of para-hydroxylation sites is 5. The maximum absolute atomic E-state index is 6.47. The molecule has 3 heteroatoms. The molecule has 71 heavy (non-hydrogen) atoms. The van der Waals surface area contributed by atoms with Crippen molar-refractivity contribution in [1.82, 2.24) is 4.57 Å². The van der Waals surface area contributed by atoms with Crippen molar-refractivity contribution in [2.45, 2.75) is 0 Å². The zero-order valence-corrected chi connectivity index (χ0v) is 38.7. The molecule has 0 spiro atoms. The van der Waals surface area contributed by atoms with Gasteiger partial charge in [-0.1, -0.05) is 200 Å². The molecule has 0 atom stereocenters. The van der Waals surface area contributed by atoms with Gasteiger partial charge in [0.2, 0.25) is 0 Å². The van der Waals surface area contributed by atoms with E-state index in [1.54, 1.807) is 0 Å². The van der Waals surface area contributed by atoms with Gasteiger partial charge in [0.05, 0.1) is 16.7 Å². The molecule has 14 rings (SSSR count). The predicted molar refractivity (Wildman–Crippen MR) is 299 cm³/mol. The normalized spacial score (nSPS) is 11.7. The van der Waals surface area contributed by atoms with Gasteiger partial charge in [-0.15, -0.1) is 0 Å². The molecule has 0 amide bonds. The number of hydrogen-bond donors (Lipinski definition) is 0. The highest BCUT2D eigenvalue weighted by Crippen LogP contribution is 2.42. The Kier molecular flexibility index (Phi) is 9.53. The molecule has 3 nitrogen and oxygen atoms in total. The average Bonchev–Trinajstić information content (AvgIpc) is 4.00. The van der Waals surface area contributed by atoms with E-state index in [1.165, 1.54) is 65.7 Å². The topological polar surface area (TPSA) is 21.3 Å². The number of aromatic nitrogens is 1. The molecule has 14 aromatic rings. The van der Waals surface area contributed by atoms with Crippen molar-refractivity contribution in [3.05, 3.63) is 267 Å². The molecule has 332 valence electrons. The van der Waals surface area contributed by atoms with Gasteiger partial charge in [0.15, 0.2) is 0 Å². The van der Waals surface area contributed by atoms with Crippen LogP contribution in [0.15, 0.2) is 271 Å². The number of fused-ring (bicyclic) bond motifs is 9. The first-order chi connectivity index (χ1) is 35.2. The van der Waals surface area contributed by atoms with Gasteiger partial charge in [-0.05, 0) is 122 Å². The van der Waals surface area contributed by atoms with Gasteiger partial charge in [-0.25, -0.2) is 0 Å². The first-order valence-corrected chi connectivity index (χ1v) is 24.3. The first kappa shape index (κ1) is 40.6. The van der Waals surface area contributed by atoms with Crippen LogP contribution in [-0.2, 0) is 0 Å². The van der Waals surface area contributed by atoms with Crippen molar-refractivity contribution in [2.24, 2.45) is 0 Å². The molecule has 0 aliphatic rings. The summed E-state index contributed by atoms with van der Waals surface area (Å²) < 4.78 is 8.88. The summed E-state index contributed by atoms with van der Waals surface area (Å²) in [7, 11) is 0. The molecule has 0 saturated heterocycles. The minimum Gasteiger partial charge on any atom is -0.455 e. The number of hydrogen-bond acceptors (Lipinski definition) is 2. The summed E-state index contributed by atoms with van der Waals surface area (Å²) in [5, 5.41) is 9.80. The van der Waals surface area contributed by atoms with E-state index >= 15 is 0 Å². The largest absolute Gasteiger partial charge is 0.455 e. The number of nitrogens with zero attached hydrogens (tertiary/aromatic N) is 2. The maximum atomic E-state index is 6.47. The van der Waals surface area contributed by atoms with E-state index < -0.39 is 0 Å². The highest BCUT2D eigenvalue weighted by atomic mass is 16.3. The second-order valence-corrected chi connectivity index (χ2v) is 18.4. The summed E-state index contributed by atoms with van der Waals surface area (Å²) in [6, 6.07) is 96.7. The Morgan fingerprint density at radius 2 is 0.789 bits per heavy atom. The smallest absolute Gasteiger partial charge is 0.143 e. The average molecular weight is 905 g/mol. The van der Waals surface area contributed by atoms with Crippen LogP contribution in [0.5, 0.6) is 0 Å². The molecule has 0 aliphatic carbocycles. The third kappa shape index (κ3) is 6.89. The maximum Gasteiger partial charge on any atom is 0.143 e. The molecular weight excluding hydrogens is 861 g/mol. The van der Waals surface area contributed by atoms with E-state index in [0.717, 1.165) is 66.8 Å². The summed E-state index contributed by atoms with van der Waals surface area (Å²) in [5.41, 5.74) is 17.8. The van der Waals surface area contributed by atoms with Gasteiger partial charge in [0, 0.05) is 49.7 Å². The van der Waals surface area contributed by atoms with Crippen molar-refractivity contribution in [3.63, 3.8) is 0 Å². The number of furan rings is 1. The van der Waals surface area contributed by atoms with E-state index in [4.69, 9.17) is 4.42 Å². The van der Waals surface area contributed by atoms with Gasteiger partial charge in [-0.2, -0.15) is 0 Å². The van der Waals surface area contributed by atoms with E-state index in [2.05, 4.69) is 264 Å². The third-order valence-corrected chi connectivity index (χ3v) is 14.4. The van der Waals surface area contributed by atoms with Gasteiger partial charge in [-0.3, -0.25) is 0 Å². The Bertz CT molecular complexity index is 4280. The van der Waals surface area contributed by atoms with E-state index in [-0.39, 0.29) is 0 Å². The zero-order valence-electron chi connectivity index (χ0n) is 38.7. The molecule has 0 saturated carbocycles. The third-order valence-electron chi connectivity index (χ3n) is 14.4. The second-order valence-electron chi connectivity index (χ2n) is 18.4. The lowest BCUT2D eigenvalue weighted by Crippen LogP contribution is -2.10. The summed E-state index contributed by atoms with van der Waals surface area (Å²) in [6.07, 6.45) is 0. The lowest BCUT2D eigenvalue weighted by molar-refractivity contribution is 0.670. The lowest BCUT2D eigenvalue weighted by atomic mass is 9.97. The Balaban J connectivity index is 0.827. The minimum absolute atomic E-state index is 0.901. The molecule has 2 heterocycles. The van der Waals surface area contributed by atoms with Crippen LogP contribution < -0.4 is 4.90 Å². The number of anilines is 3. The van der Waals surface area contributed by atoms with Gasteiger partial charge in [0.25, 0.3) is 0 Å². The summed E-state index contributed by atoms with van der Waals surface area (Å²) in [5.74, 6) is 0. The molecule has 0 fully saturated rings. The minimum atomic E-state index is 0.901. The van der Waals surface area contributed by atoms with Crippen LogP contribution in [0.3, 0.4) is 0 Å². The fourth-order valence-corrected chi connectivity index (χ4v) is 11.0. The summed E-state index contributed by atoms with van der Waals surface area (Å²) in [6.45, 7) is 0. The fraction of sp³-hybridized carbons (Fsp3) is 0. The van der Waals surface area contributed by atoms with Gasteiger partial charge < -0.3 is 13.9 Å². The molecule has 0 bridgehead atoms. The van der Waals surface area contributed by atoms with Crippen molar-refractivity contribution in [2.75, 3.05) is 4.90 Å². The molecule has 0 N–H and O–H groups in total. The van der Waals surface area contributed by atoms with Crippen LogP contribution in [0.1, 0.15) is 0 Å². The monoisotopic (exact) mass is 904 g/mol. The zero-order chi connectivity index (χ0) is 46.8. The van der Waals surface area contributed by atoms with Crippen molar-refractivity contribution >= 4 is 82.4 Å². The standard InChI is InChI=1S/C68H44N2O/c1-2-16-56-47(13-1)31-32-52-43-51(37-42-57(52)56)50-14-11-15-55(44-50)69(54-40-35-49(36-41-54)59-21-12-22-63-62-20-6-10-26-67(62)71-68(59)63)53-38-33-46(34-39-53)45-27-29-48(30-28-45)58-17-3-7-23-64(58)70-65-24-8-4-18-60(65)61-19-5-9-25-66(61)70/h1-44H. The summed E-state index contributed by atoms with van der Waals surface area (Å²) in [4.78, 5) is 2.36. The van der Waals surface area contributed by atoms with Crippen molar-refractivity contribution < 1.29 is 4.42 Å². The highest BCUT2D eigenvalue weighted by Gasteiger charge is 2.18. The second kappa shape index (κ2) is 16.7. The van der Waals surface area contributed by atoms with E-state index in [9.17, 15) is 0 Å². The summed E-state index contributed by atoms with van der Waals surface area (Å²) >= 11 is 0. The molecule has 0 unspecified atom stereocenters. The molecule has 0 radical (unpaired) electrons. The van der Waals surface area contributed by atoms with Gasteiger partial charge in [0.1, 0.15) is 11.2 Å². The lowest BCUT2D eigenvalue weighted by Gasteiger charge is -2.26. The molecule has 0 aliphatic heterocycles. The quantitative estimate of drug-likeness (QED) is 0.142. The molecule has 12 aromatic carbocycles. The van der Waals surface area contributed by atoms with E-state index in [1.807, 2.05) is 12.1 Å². The van der Waals surface area contributed by atoms with Crippen molar-refractivity contribution in [1.29, 1.82) is 0 Å². The van der Waals surface area contributed by atoms with Crippen LogP contribution in [0, 0.1) is 0 Å². The highest BCUT2D eigenvalue weighted by molar-refractivity contribution is 6.11. The Hall–Kier alpha value is -9.44. The number of rotatable bonds is 8. The Morgan fingerprint density at radius 3 is 1.55 bits per heavy atom. The van der Waals surface area contributed by atoms with Crippen LogP contribution in [0.4, 0.5) is 17.1 Å². The Morgan fingerprint density at radius 1 is 0.282 bits per heavy atom. The fourth-order valence-electron chi connectivity index (χ4n) is 11.0. The van der Waals surface area contributed by atoms with Gasteiger partial charge >= 0.3 is 0 Å². The number of benzene rings is 12. The molecule has 2 aromatic heterocycles. The Labute approximate surface area is 411 Å². The van der Waals surface area contributed by atoms with Crippen LogP contribution in [0.25, 0.3) is 115 Å². The van der Waals surface area contributed by atoms with Crippen molar-refractivity contribution in [3.8, 4) is 50.2 Å². The predicted octanol–water partition coefficient (Wildman–Crippen LogP) is 19.1. The van der Waals surface area contributed by atoms with Crippen LogP contribution >= 0.6 is 0 Å². The molecular formula is C68H44N2O.